The average molecular weight is 321 g/mol. The lowest BCUT2D eigenvalue weighted by molar-refractivity contribution is -0.135. The van der Waals surface area contributed by atoms with E-state index in [0.717, 1.165) is 22.4 Å². The molecule has 0 bridgehead atoms. The zero-order valence-electron chi connectivity index (χ0n) is 13.7. The van der Waals surface area contributed by atoms with E-state index < -0.39 is 5.97 Å². The van der Waals surface area contributed by atoms with Crippen molar-refractivity contribution in [2.45, 2.75) is 13.8 Å². The van der Waals surface area contributed by atoms with Crippen LogP contribution < -0.4 is 4.90 Å². The molecule has 0 saturated carbocycles. The average Bonchev–Trinajstić information content (AvgIpc) is 2.51. The quantitative estimate of drug-likeness (QED) is 0.880. The number of hydrogen-bond acceptors (Lipinski definition) is 3. The molecule has 0 atom stereocenters. The summed E-state index contributed by atoms with van der Waals surface area (Å²) in [7, 11) is 0. The van der Waals surface area contributed by atoms with Gasteiger partial charge in [-0.1, -0.05) is 42.0 Å². The van der Waals surface area contributed by atoms with E-state index in [4.69, 9.17) is 0 Å². The van der Waals surface area contributed by atoms with Gasteiger partial charge < -0.3 is 10.0 Å². The summed E-state index contributed by atoms with van der Waals surface area (Å²) >= 11 is 0. The Bertz CT molecular complexity index is 852. The van der Waals surface area contributed by atoms with Gasteiger partial charge >= 0.3 is 5.97 Å². The van der Waals surface area contributed by atoms with Crippen LogP contribution >= 0.6 is 0 Å². The number of fused-ring (bicyclic) bond motifs is 1. The molecule has 3 rings (SSSR count). The van der Waals surface area contributed by atoms with Crippen LogP contribution in [0.15, 0.2) is 48.0 Å². The second-order valence-electron chi connectivity index (χ2n) is 6.13. The van der Waals surface area contributed by atoms with E-state index in [2.05, 4.69) is 0 Å². The molecule has 1 N–H and O–H groups in total. The van der Waals surface area contributed by atoms with Crippen molar-refractivity contribution in [3.05, 3.63) is 70.3 Å². The van der Waals surface area contributed by atoms with Crippen molar-refractivity contribution in [1.82, 2.24) is 0 Å². The largest absolute Gasteiger partial charge is 0.480 e. The molecule has 1 aliphatic rings. The van der Waals surface area contributed by atoms with E-state index in [-0.39, 0.29) is 12.3 Å². The van der Waals surface area contributed by atoms with Gasteiger partial charge in [0.1, 0.15) is 6.54 Å². The van der Waals surface area contributed by atoms with Gasteiger partial charge in [-0.15, -0.1) is 0 Å². The van der Waals surface area contributed by atoms with Gasteiger partial charge in [0.05, 0.1) is 5.69 Å². The van der Waals surface area contributed by atoms with Gasteiger partial charge in [0.15, 0.2) is 5.78 Å². The van der Waals surface area contributed by atoms with Crippen molar-refractivity contribution >= 4 is 23.5 Å². The molecular formula is C20H19NO3. The van der Waals surface area contributed by atoms with Gasteiger partial charge in [-0.3, -0.25) is 9.59 Å². The number of nitrogens with zero attached hydrogens (tertiary/aromatic N) is 1. The molecule has 2 aromatic carbocycles. The number of ketones is 1. The Kier molecular flexibility index (Phi) is 4.21. The summed E-state index contributed by atoms with van der Waals surface area (Å²) in [6.45, 7) is 4.07. The predicted molar refractivity (Wildman–Crippen MR) is 94.5 cm³/mol. The van der Waals surface area contributed by atoms with Crippen molar-refractivity contribution in [3.8, 4) is 0 Å². The summed E-state index contributed by atoms with van der Waals surface area (Å²) in [5.74, 6) is -0.940. The van der Waals surface area contributed by atoms with E-state index in [0.29, 0.717) is 17.7 Å². The summed E-state index contributed by atoms with van der Waals surface area (Å²) < 4.78 is 0. The Labute approximate surface area is 141 Å². The Morgan fingerprint density at radius 2 is 1.96 bits per heavy atom. The number of aliphatic carboxylic acids is 1. The first-order chi connectivity index (χ1) is 11.5. The molecule has 4 nitrogen and oxygen atoms in total. The highest BCUT2D eigenvalue weighted by atomic mass is 16.4. The zero-order chi connectivity index (χ0) is 17.3. The second-order valence-corrected chi connectivity index (χ2v) is 6.13. The number of aryl methyl sites for hydroxylation is 2. The third-order valence-corrected chi connectivity index (χ3v) is 4.16. The lowest BCUT2D eigenvalue weighted by Crippen LogP contribution is -2.38. The maximum atomic E-state index is 12.8. The van der Waals surface area contributed by atoms with Gasteiger partial charge in [-0.2, -0.15) is 0 Å². The first kappa shape index (κ1) is 16.0. The molecule has 4 heteroatoms. The smallest absolute Gasteiger partial charge is 0.323 e. The second kappa shape index (κ2) is 6.32. The van der Waals surface area contributed by atoms with Crippen LogP contribution in [0.1, 0.15) is 27.0 Å². The van der Waals surface area contributed by atoms with Gasteiger partial charge in [0, 0.05) is 17.7 Å². The Morgan fingerprint density at radius 1 is 1.21 bits per heavy atom. The van der Waals surface area contributed by atoms with Crippen LogP contribution in [-0.4, -0.2) is 29.9 Å². The van der Waals surface area contributed by atoms with Crippen LogP contribution in [0.5, 0.6) is 0 Å². The first-order valence-electron chi connectivity index (χ1n) is 7.84. The third kappa shape index (κ3) is 3.08. The number of carbonyl (C=O) groups excluding carboxylic acids is 1. The van der Waals surface area contributed by atoms with Crippen molar-refractivity contribution in [2.75, 3.05) is 18.0 Å². The highest BCUT2D eigenvalue weighted by Gasteiger charge is 2.29. The maximum absolute atomic E-state index is 12.8. The molecule has 0 aliphatic carbocycles. The summed E-state index contributed by atoms with van der Waals surface area (Å²) in [6, 6.07) is 13.4. The highest BCUT2D eigenvalue weighted by molar-refractivity contribution is 6.17. The van der Waals surface area contributed by atoms with Crippen LogP contribution in [0.4, 0.5) is 5.69 Å². The molecule has 24 heavy (non-hydrogen) atoms. The highest BCUT2D eigenvalue weighted by Crippen LogP contribution is 2.33. The van der Waals surface area contributed by atoms with Gasteiger partial charge in [-0.05, 0) is 37.1 Å². The molecule has 0 spiro atoms. The maximum Gasteiger partial charge on any atom is 0.323 e. The monoisotopic (exact) mass is 321 g/mol. The predicted octanol–water partition coefficient (Wildman–Crippen LogP) is 3.47. The fourth-order valence-electron chi connectivity index (χ4n) is 3.16. The lowest BCUT2D eigenvalue weighted by atomic mass is 9.92. The van der Waals surface area contributed by atoms with E-state index in [1.165, 1.54) is 0 Å². The minimum absolute atomic E-state index is 0.0307. The lowest BCUT2D eigenvalue weighted by Gasteiger charge is -2.32. The number of benzene rings is 2. The van der Waals surface area contributed by atoms with Crippen molar-refractivity contribution in [2.24, 2.45) is 0 Å². The number of carbonyl (C=O) groups is 2. The van der Waals surface area contributed by atoms with Crippen molar-refractivity contribution in [3.63, 3.8) is 0 Å². The van der Waals surface area contributed by atoms with Crippen LogP contribution in [0, 0.1) is 13.8 Å². The van der Waals surface area contributed by atoms with E-state index in [9.17, 15) is 14.7 Å². The molecule has 0 aromatic heterocycles. The number of rotatable bonds is 3. The molecule has 122 valence electrons. The number of hydrogen-bond donors (Lipinski definition) is 1. The molecule has 1 aliphatic heterocycles. The van der Waals surface area contributed by atoms with E-state index >= 15 is 0 Å². The molecular weight excluding hydrogens is 302 g/mol. The van der Waals surface area contributed by atoms with Crippen LogP contribution in [0.25, 0.3) is 6.08 Å². The summed E-state index contributed by atoms with van der Waals surface area (Å²) in [5, 5.41) is 9.21. The number of carboxylic acids is 1. The van der Waals surface area contributed by atoms with Gasteiger partial charge in [0.2, 0.25) is 0 Å². The van der Waals surface area contributed by atoms with E-state index in [1.54, 1.807) is 11.0 Å². The van der Waals surface area contributed by atoms with E-state index in [1.807, 2.05) is 56.3 Å². The molecule has 1 heterocycles. The summed E-state index contributed by atoms with van der Waals surface area (Å²) in [5.41, 5.74) is 4.89. The number of anilines is 1. The first-order valence-corrected chi connectivity index (χ1v) is 7.84. The standard InChI is InChI=1S/C20H19NO3/c1-13-5-3-7-15(9-13)10-16-11-21(12-18(22)23)19-14(2)6-4-8-17(19)20(16)24/h3-10H,11-12H2,1-2H3,(H,22,23)/b16-10+. The fourth-order valence-corrected chi connectivity index (χ4v) is 3.16. The number of carboxylic acid groups (broad SMARTS) is 1. The number of Topliss-reactive ketones (excluding diaryl/α,β-unsaturated/α-hetero) is 1. The Balaban J connectivity index is 2.08. The molecule has 0 radical (unpaired) electrons. The Morgan fingerprint density at radius 3 is 2.67 bits per heavy atom. The van der Waals surface area contributed by atoms with Crippen LogP contribution in [-0.2, 0) is 4.79 Å². The molecule has 0 saturated heterocycles. The summed E-state index contributed by atoms with van der Waals surface area (Å²) in [4.78, 5) is 25.8. The number of para-hydroxylation sites is 1. The minimum Gasteiger partial charge on any atom is -0.480 e. The minimum atomic E-state index is -0.909. The molecule has 2 aromatic rings. The molecule has 0 fully saturated rings. The normalized spacial score (nSPS) is 15.5. The van der Waals surface area contributed by atoms with Crippen molar-refractivity contribution in [1.29, 1.82) is 0 Å². The Hall–Kier alpha value is -2.88. The topological polar surface area (TPSA) is 57.6 Å². The SMILES string of the molecule is Cc1cccc(/C=C2\CN(CC(=O)O)c3c(C)cccc3C2=O)c1. The zero-order valence-corrected chi connectivity index (χ0v) is 13.7. The third-order valence-electron chi connectivity index (χ3n) is 4.16. The molecule has 0 amide bonds. The van der Waals surface area contributed by atoms with Crippen molar-refractivity contribution < 1.29 is 14.7 Å². The molecule has 0 unspecified atom stereocenters. The van der Waals surface area contributed by atoms with Gasteiger partial charge in [-0.25, -0.2) is 0 Å². The fraction of sp³-hybridized carbons (Fsp3) is 0.200. The van der Waals surface area contributed by atoms with Crippen LogP contribution in [0.3, 0.4) is 0 Å². The van der Waals surface area contributed by atoms with Gasteiger partial charge in [0.25, 0.3) is 0 Å². The summed E-state index contributed by atoms with van der Waals surface area (Å²) in [6.07, 6.45) is 1.86. The van der Waals surface area contributed by atoms with Crippen LogP contribution in [0.2, 0.25) is 0 Å².